The topological polar surface area (TPSA) is 36.3 Å². The van der Waals surface area contributed by atoms with E-state index in [1.54, 1.807) is 7.11 Å². The van der Waals surface area contributed by atoms with Crippen molar-refractivity contribution < 1.29 is 9.47 Å². The minimum absolute atomic E-state index is 0.416. The first-order valence-electron chi connectivity index (χ1n) is 6.99. The molecule has 1 aliphatic rings. The van der Waals surface area contributed by atoms with Crippen molar-refractivity contribution in [2.45, 2.75) is 25.3 Å². The maximum Gasteiger partial charge on any atom is 0.146 e. The third kappa shape index (κ3) is 2.50. The maximum atomic E-state index is 6.05. The lowest BCUT2D eigenvalue weighted by atomic mass is 10.1. The van der Waals surface area contributed by atoms with Crippen LogP contribution in [0.1, 0.15) is 18.7 Å². The highest BCUT2D eigenvalue weighted by atomic mass is 35.5. The van der Waals surface area contributed by atoms with Gasteiger partial charge < -0.3 is 14.0 Å². The van der Waals surface area contributed by atoms with Crippen LogP contribution in [-0.4, -0.2) is 29.9 Å². The monoisotopic (exact) mass is 294 g/mol. The van der Waals surface area contributed by atoms with Gasteiger partial charge in [-0.15, -0.1) is 11.6 Å². The van der Waals surface area contributed by atoms with E-state index in [1.807, 2.05) is 12.1 Å². The molecule has 1 atom stereocenters. The molecule has 2 heterocycles. The number of imidazole rings is 1. The van der Waals surface area contributed by atoms with Crippen molar-refractivity contribution in [3.63, 3.8) is 0 Å². The first kappa shape index (κ1) is 13.7. The average molecular weight is 295 g/mol. The van der Waals surface area contributed by atoms with E-state index in [1.165, 1.54) is 0 Å². The van der Waals surface area contributed by atoms with Gasteiger partial charge in [-0.1, -0.05) is 6.07 Å². The Balaban J connectivity index is 1.91. The van der Waals surface area contributed by atoms with E-state index < -0.39 is 0 Å². The number of aryl methyl sites for hydroxylation is 1. The van der Waals surface area contributed by atoms with Gasteiger partial charge in [-0.2, -0.15) is 0 Å². The standard InChI is InChI=1S/C15H19ClN2O2/c1-19-13-4-2-3-12-15(13)17-14(9-16)18(12)7-5-11-6-8-20-10-11/h2-4,11H,5-10H2,1H3. The number of hydrogen-bond donors (Lipinski definition) is 0. The van der Waals surface area contributed by atoms with Crippen LogP contribution in [0.5, 0.6) is 5.75 Å². The molecule has 0 spiro atoms. The molecule has 0 aliphatic carbocycles. The van der Waals surface area contributed by atoms with Crippen molar-refractivity contribution in [2.75, 3.05) is 20.3 Å². The fraction of sp³-hybridized carbons (Fsp3) is 0.533. The zero-order chi connectivity index (χ0) is 13.9. The number of rotatable bonds is 5. The molecule has 1 fully saturated rings. The number of hydrogen-bond acceptors (Lipinski definition) is 3. The zero-order valence-corrected chi connectivity index (χ0v) is 12.4. The van der Waals surface area contributed by atoms with Gasteiger partial charge in [-0.25, -0.2) is 4.98 Å². The quantitative estimate of drug-likeness (QED) is 0.795. The summed E-state index contributed by atoms with van der Waals surface area (Å²) >= 11 is 6.05. The summed E-state index contributed by atoms with van der Waals surface area (Å²) in [5.74, 6) is 2.78. The third-order valence-corrected chi connectivity index (χ3v) is 4.18. The van der Waals surface area contributed by atoms with Gasteiger partial charge in [0.15, 0.2) is 0 Å². The van der Waals surface area contributed by atoms with E-state index in [0.717, 1.165) is 55.2 Å². The van der Waals surface area contributed by atoms with Crippen LogP contribution in [0.15, 0.2) is 18.2 Å². The fourth-order valence-corrected chi connectivity index (χ4v) is 3.01. The van der Waals surface area contributed by atoms with Gasteiger partial charge in [-0.05, 0) is 30.9 Å². The summed E-state index contributed by atoms with van der Waals surface area (Å²) in [6.45, 7) is 2.71. The van der Waals surface area contributed by atoms with E-state index in [2.05, 4.69) is 15.6 Å². The van der Waals surface area contributed by atoms with Gasteiger partial charge in [0.1, 0.15) is 17.1 Å². The number of ether oxygens (including phenoxy) is 2. The van der Waals surface area contributed by atoms with E-state index in [-0.39, 0.29) is 0 Å². The largest absolute Gasteiger partial charge is 0.494 e. The molecule has 2 aromatic rings. The van der Waals surface area contributed by atoms with E-state index in [9.17, 15) is 0 Å². The minimum Gasteiger partial charge on any atom is -0.494 e. The molecule has 1 aromatic heterocycles. The SMILES string of the molecule is COc1cccc2c1nc(CCl)n2CCC1CCOC1. The van der Waals surface area contributed by atoms with Crippen LogP contribution in [0.25, 0.3) is 11.0 Å². The number of para-hydroxylation sites is 1. The Kier molecular flexibility index (Phi) is 4.13. The predicted molar refractivity (Wildman–Crippen MR) is 79.4 cm³/mol. The van der Waals surface area contributed by atoms with Crippen LogP contribution in [0.3, 0.4) is 0 Å². The average Bonchev–Trinajstić information content (AvgIpc) is 3.11. The van der Waals surface area contributed by atoms with Crippen LogP contribution in [-0.2, 0) is 17.2 Å². The van der Waals surface area contributed by atoms with Crippen molar-refractivity contribution in [1.82, 2.24) is 9.55 Å². The molecular formula is C15H19ClN2O2. The highest BCUT2D eigenvalue weighted by molar-refractivity contribution is 6.16. The Bertz CT molecular complexity index is 591. The Morgan fingerprint density at radius 1 is 1.50 bits per heavy atom. The Labute approximate surface area is 123 Å². The van der Waals surface area contributed by atoms with Gasteiger partial charge in [0.2, 0.25) is 0 Å². The van der Waals surface area contributed by atoms with Crippen LogP contribution in [0.4, 0.5) is 0 Å². The lowest BCUT2D eigenvalue weighted by Gasteiger charge is -2.11. The van der Waals surface area contributed by atoms with Gasteiger partial charge in [-0.3, -0.25) is 0 Å². The molecule has 1 aromatic carbocycles. The minimum atomic E-state index is 0.416. The van der Waals surface area contributed by atoms with Gasteiger partial charge in [0.25, 0.3) is 0 Å². The molecule has 0 amide bonds. The van der Waals surface area contributed by atoms with E-state index >= 15 is 0 Å². The molecule has 0 bridgehead atoms. The molecule has 0 radical (unpaired) electrons. The van der Waals surface area contributed by atoms with Crippen molar-refractivity contribution in [3.05, 3.63) is 24.0 Å². The summed E-state index contributed by atoms with van der Waals surface area (Å²) < 4.78 is 13.0. The molecule has 1 saturated heterocycles. The fourth-order valence-electron chi connectivity index (χ4n) is 2.81. The number of halogens is 1. The lowest BCUT2D eigenvalue weighted by Crippen LogP contribution is -2.08. The van der Waals surface area contributed by atoms with Crippen molar-refractivity contribution in [3.8, 4) is 5.75 Å². The van der Waals surface area contributed by atoms with Crippen LogP contribution < -0.4 is 4.74 Å². The Hall–Kier alpha value is -1.26. The van der Waals surface area contributed by atoms with Gasteiger partial charge >= 0.3 is 0 Å². The molecule has 0 saturated carbocycles. The highest BCUT2D eigenvalue weighted by Crippen LogP contribution is 2.27. The third-order valence-electron chi connectivity index (χ3n) is 3.95. The van der Waals surface area contributed by atoms with Crippen molar-refractivity contribution >= 4 is 22.6 Å². The van der Waals surface area contributed by atoms with E-state index in [4.69, 9.17) is 21.1 Å². The predicted octanol–water partition coefficient (Wildman–Crippen LogP) is 3.21. The van der Waals surface area contributed by atoms with Crippen molar-refractivity contribution in [2.24, 2.45) is 5.92 Å². The Morgan fingerprint density at radius 2 is 2.40 bits per heavy atom. The number of alkyl halides is 1. The number of methoxy groups -OCH3 is 1. The summed E-state index contributed by atoms with van der Waals surface area (Å²) in [6.07, 6.45) is 2.26. The second-order valence-electron chi connectivity index (χ2n) is 5.16. The summed E-state index contributed by atoms with van der Waals surface area (Å²) in [6, 6.07) is 6.00. The smallest absolute Gasteiger partial charge is 0.146 e. The molecule has 0 N–H and O–H groups in total. The summed E-state index contributed by atoms with van der Waals surface area (Å²) in [5.41, 5.74) is 1.99. The second-order valence-corrected chi connectivity index (χ2v) is 5.43. The summed E-state index contributed by atoms with van der Waals surface area (Å²) in [5, 5.41) is 0. The summed E-state index contributed by atoms with van der Waals surface area (Å²) in [4.78, 5) is 4.62. The second kappa shape index (κ2) is 6.02. The lowest BCUT2D eigenvalue weighted by molar-refractivity contribution is 0.183. The number of benzene rings is 1. The normalized spacial score (nSPS) is 18.8. The zero-order valence-electron chi connectivity index (χ0n) is 11.6. The highest BCUT2D eigenvalue weighted by Gasteiger charge is 2.18. The molecule has 5 heteroatoms. The number of fused-ring (bicyclic) bond motifs is 1. The number of nitrogens with zero attached hydrogens (tertiary/aromatic N) is 2. The van der Waals surface area contributed by atoms with Crippen LogP contribution >= 0.6 is 11.6 Å². The molecule has 20 heavy (non-hydrogen) atoms. The summed E-state index contributed by atoms with van der Waals surface area (Å²) in [7, 11) is 1.67. The van der Waals surface area contributed by atoms with Gasteiger partial charge in [0, 0.05) is 19.8 Å². The first-order valence-corrected chi connectivity index (χ1v) is 7.52. The van der Waals surface area contributed by atoms with Crippen molar-refractivity contribution in [1.29, 1.82) is 0 Å². The molecule has 1 unspecified atom stereocenters. The van der Waals surface area contributed by atoms with E-state index in [0.29, 0.717) is 11.8 Å². The first-order chi connectivity index (χ1) is 9.83. The molecule has 4 nitrogen and oxygen atoms in total. The van der Waals surface area contributed by atoms with Gasteiger partial charge in [0.05, 0.1) is 18.5 Å². The molecule has 3 rings (SSSR count). The molecule has 1 aliphatic heterocycles. The number of aromatic nitrogens is 2. The molecular weight excluding hydrogens is 276 g/mol. The van der Waals surface area contributed by atoms with Crippen LogP contribution in [0, 0.1) is 5.92 Å². The maximum absolute atomic E-state index is 6.05. The van der Waals surface area contributed by atoms with Crippen LogP contribution in [0.2, 0.25) is 0 Å². The molecule has 108 valence electrons. The Morgan fingerprint density at radius 3 is 3.10 bits per heavy atom.